The van der Waals surface area contributed by atoms with Crippen molar-refractivity contribution in [2.24, 2.45) is 7.05 Å². The van der Waals surface area contributed by atoms with Crippen LogP contribution in [0.1, 0.15) is 98.8 Å². The van der Waals surface area contributed by atoms with E-state index in [4.69, 9.17) is 4.74 Å². The molecule has 7 heteroatoms. The van der Waals surface area contributed by atoms with E-state index in [1.807, 2.05) is 50.4 Å². The molecule has 3 aromatic rings. The Kier molecular flexibility index (Phi) is 24.6. The molecule has 3 rings (SSSR count). The van der Waals surface area contributed by atoms with E-state index in [-0.39, 0.29) is 65.3 Å². The summed E-state index contributed by atoms with van der Waals surface area (Å²) in [5.74, 6) is 1.74. The van der Waals surface area contributed by atoms with Crippen LogP contribution in [0.5, 0.6) is 5.75 Å². The summed E-state index contributed by atoms with van der Waals surface area (Å²) in [6, 6.07) is 18.8. The number of aromatic nitrogens is 1. The van der Waals surface area contributed by atoms with Crippen LogP contribution in [-0.4, -0.2) is 15.1 Å². The van der Waals surface area contributed by atoms with E-state index in [1.54, 1.807) is 12.1 Å². The fourth-order valence-corrected chi connectivity index (χ4v) is 4.07. The molecule has 0 radical (unpaired) electrons. The molecule has 224 valence electrons. The lowest BCUT2D eigenvalue weighted by atomic mass is 9.99. The van der Waals surface area contributed by atoms with E-state index >= 15 is 0 Å². The zero-order valence-corrected chi connectivity index (χ0v) is 24.6. The van der Waals surface area contributed by atoms with Crippen molar-refractivity contribution in [3.05, 3.63) is 89.7 Å². The van der Waals surface area contributed by atoms with Gasteiger partial charge in [-0.05, 0) is 67.0 Å². The molecule has 0 aliphatic heterocycles. The number of hydrogen-bond acceptors (Lipinski definition) is 3. The minimum atomic E-state index is -3.56. The van der Waals surface area contributed by atoms with Gasteiger partial charge in [0.15, 0.2) is 19.1 Å². The normalized spacial score (nSPS) is 11.2. The first-order valence-electron chi connectivity index (χ1n) is 11.9. The molecule has 1 aromatic heterocycles. The molecule has 0 amide bonds. The van der Waals surface area contributed by atoms with Gasteiger partial charge in [-0.1, -0.05) is 87.2 Å². The first-order valence-corrected chi connectivity index (χ1v) is 13.4. The van der Waals surface area contributed by atoms with Gasteiger partial charge in [-0.15, -0.1) is 0 Å². The average Bonchev–Trinajstić information content (AvgIpc) is 2.85. The SMILES string of the molecule is C.C.C.C.CCC(C)c1cc[n+](C)cc1.CCC(C)c1ccc(S(=O)(=O)NCOc2ccc(C)cc2)cc1.[I-]. The summed E-state index contributed by atoms with van der Waals surface area (Å²) in [6.07, 6.45) is 6.44. The van der Waals surface area contributed by atoms with Crippen LogP contribution in [0.2, 0.25) is 0 Å². The van der Waals surface area contributed by atoms with Gasteiger partial charge in [-0.2, -0.15) is 4.72 Å². The van der Waals surface area contributed by atoms with Crippen molar-refractivity contribution >= 4 is 10.0 Å². The summed E-state index contributed by atoms with van der Waals surface area (Å²) in [6.45, 7) is 10.6. The summed E-state index contributed by atoms with van der Waals surface area (Å²) < 4.78 is 34.4. The number of halogens is 1. The van der Waals surface area contributed by atoms with Gasteiger partial charge in [0.05, 0.1) is 4.90 Å². The van der Waals surface area contributed by atoms with Crippen LogP contribution in [0, 0.1) is 6.92 Å². The van der Waals surface area contributed by atoms with Crippen LogP contribution in [0.15, 0.2) is 78.0 Å². The lowest BCUT2D eigenvalue weighted by Crippen LogP contribution is -3.00. The second kappa shape index (κ2) is 21.8. The van der Waals surface area contributed by atoms with Crippen molar-refractivity contribution in [3.8, 4) is 5.75 Å². The number of benzene rings is 2. The highest BCUT2D eigenvalue weighted by Crippen LogP contribution is 2.20. The standard InChI is InChI=1S/C18H23NO3S.C10H16N.4CH4.HI/c1-4-15(3)16-7-11-18(12-8-16)23(20,21)19-13-22-17-9-5-14(2)6-10-17;1-4-9(2)10-5-7-11(3)8-6-10;;;;;/h5-12,15,19H,4,13H2,1-3H3;5-9H,4H2,1-3H3;4*1H4;1H/q;+1;;;;;/p-1. The number of sulfonamides is 1. The predicted octanol–water partition coefficient (Wildman–Crippen LogP) is 5.40. The number of ether oxygens (including phenoxy) is 1. The van der Waals surface area contributed by atoms with Gasteiger partial charge in [0, 0.05) is 12.1 Å². The van der Waals surface area contributed by atoms with E-state index in [9.17, 15) is 8.42 Å². The van der Waals surface area contributed by atoms with E-state index in [0.717, 1.165) is 17.5 Å². The van der Waals surface area contributed by atoms with E-state index in [1.165, 1.54) is 12.0 Å². The third-order valence-corrected chi connectivity index (χ3v) is 7.46. The number of nitrogens with zero attached hydrogens (tertiary/aromatic N) is 1. The molecule has 2 unspecified atom stereocenters. The number of aryl methyl sites for hydroxylation is 2. The maximum atomic E-state index is 12.2. The Labute approximate surface area is 258 Å². The van der Waals surface area contributed by atoms with Crippen molar-refractivity contribution in [2.45, 2.75) is 93.9 Å². The molecule has 0 aliphatic carbocycles. The average molecular weight is 675 g/mol. The van der Waals surface area contributed by atoms with Crippen molar-refractivity contribution in [1.29, 1.82) is 0 Å². The molecule has 5 nitrogen and oxygen atoms in total. The molecule has 0 aliphatic rings. The molecular formula is C32H55IN2O3S. The third kappa shape index (κ3) is 14.8. The van der Waals surface area contributed by atoms with Crippen LogP contribution in [0.25, 0.3) is 0 Å². The summed E-state index contributed by atoms with van der Waals surface area (Å²) in [4.78, 5) is 0.247. The Hall–Kier alpha value is -1.97. The smallest absolute Gasteiger partial charge is 0.243 e. The fourth-order valence-electron chi connectivity index (χ4n) is 3.20. The zero-order chi connectivity index (χ0) is 25.1. The van der Waals surface area contributed by atoms with Gasteiger partial charge in [0.1, 0.15) is 12.8 Å². The first kappa shape index (κ1) is 44.1. The van der Waals surface area contributed by atoms with Crippen LogP contribution < -0.4 is 38.0 Å². The summed E-state index contributed by atoms with van der Waals surface area (Å²) in [5.41, 5.74) is 3.70. The van der Waals surface area contributed by atoms with E-state index in [0.29, 0.717) is 17.6 Å². The van der Waals surface area contributed by atoms with Crippen LogP contribution in [0.4, 0.5) is 0 Å². The minimum Gasteiger partial charge on any atom is -1.00 e. The van der Waals surface area contributed by atoms with Gasteiger partial charge in [-0.3, -0.25) is 0 Å². The van der Waals surface area contributed by atoms with Gasteiger partial charge < -0.3 is 28.7 Å². The number of rotatable bonds is 9. The van der Waals surface area contributed by atoms with Crippen LogP contribution >= 0.6 is 0 Å². The topological polar surface area (TPSA) is 59.3 Å². The summed E-state index contributed by atoms with van der Waals surface area (Å²) in [7, 11) is -1.52. The highest BCUT2D eigenvalue weighted by atomic mass is 127. The molecule has 0 saturated carbocycles. The Morgan fingerprint density at radius 1 is 0.769 bits per heavy atom. The Bertz CT molecular complexity index is 1100. The monoisotopic (exact) mass is 674 g/mol. The van der Waals surface area contributed by atoms with E-state index in [2.05, 4.69) is 61.5 Å². The quantitative estimate of drug-likeness (QED) is 0.188. The first-order chi connectivity index (χ1) is 16.2. The van der Waals surface area contributed by atoms with Gasteiger partial charge in [0.25, 0.3) is 0 Å². The lowest BCUT2D eigenvalue weighted by Gasteiger charge is -2.11. The second-order valence-electron chi connectivity index (χ2n) is 8.73. The maximum Gasteiger partial charge on any atom is 0.243 e. The second-order valence-corrected chi connectivity index (χ2v) is 10.5. The Morgan fingerprint density at radius 3 is 1.64 bits per heavy atom. The number of nitrogens with one attached hydrogen (secondary N) is 1. The number of pyridine rings is 1. The largest absolute Gasteiger partial charge is 1.00 e. The Balaban J connectivity index is -0.000000331. The maximum absolute atomic E-state index is 12.2. The zero-order valence-electron chi connectivity index (χ0n) is 21.7. The molecule has 2 atom stereocenters. The fraction of sp³-hybridized carbons (Fsp3) is 0.469. The van der Waals surface area contributed by atoms with E-state index < -0.39 is 10.0 Å². The summed E-state index contributed by atoms with van der Waals surface area (Å²) >= 11 is 0. The van der Waals surface area contributed by atoms with Crippen LogP contribution in [-0.2, 0) is 17.1 Å². The van der Waals surface area contributed by atoms with Crippen molar-refractivity contribution < 1.29 is 41.7 Å². The molecule has 0 bridgehead atoms. The number of hydrogen-bond donors (Lipinski definition) is 1. The molecule has 0 saturated heterocycles. The van der Waals surface area contributed by atoms with Crippen molar-refractivity contribution in [1.82, 2.24) is 4.72 Å². The predicted molar refractivity (Wildman–Crippen MR) is 165 cm³/mol. The molecule has 1 heterocycles. The molecule has 1 N–H and O–H groups in total. The Morgan fingerprint density at radius 2 is 1.21 bits per heavy atom. The van der Waals surface area contributed by atoms with Crippen molar-refractivity contribution in [3.63, 3.8) is 0 Å². The van der Waals surface area contributed by atoms with Crippen molar-refractivity contribution in [2.75, 3.05) is 6.73 Å². The molecular weight excluding hydrogens is 619 g/mol. The van der Waals surface area contributed by atoms with Gasteiger partial charge in [-0.25, -0.2) is 13.0 Å². The highest BCUT2D eigenvalue weighted by Gasteiger charge is 2.14. The molecule has 0 spiro atoms. The minimum absolute atomic E-state index is 0. The summed E-state index contributed by atoms with van der Waals surface area (Å²) in [5, 5.41) is 0. The van der Waals surface area contributed by atoms with Gasteiger partial charge >= 0.3 is 0 Å². The molecule has 39 heavy (non-hydrogen) atoms. The lowest BCUT2D eigenvalue weighted by molar-refractivity contribution is -0.671. The van der Waals surface area contributed by atoms with Gasteiger partial charge in [0.2, 0.25) is 10.0 Å². The molecule has 0 fully saturated rings. The third-order valence-electron chi connectivity index (χ3n) is 6.07. The highest BCUT2D eigenvalue weighted by molar-refractivity contribution is 7.89. The molecule has 2 aromatic carbocycles. The van der Waals surface area contributed by atoms with Crippen LogP contribution in [0.3, 0.4) is 0 Å².